The van der Waals surface area contributed by atoms with Gasteiger partial charge in [0.2, 0.25) is 5.75 Å². The lowest BCUT2D eigenvalue weighted by atomic mass is 9.90. The summed E-state index contributed by atoms with van der Waals surface area (Å²) in [5.74, 6) is 1.54. The lowest BCUT2D eigenvalue weighted by Crippen LogP contribution is -2.39. The Morgan fingerprint density at radius 2 is 1.68 bits per heavy atom. The zero-order valence-electron chi connectivity index (χ0n) is 16.1. The molecule has 0 aromatic heterocycles. The van der Waals surface area contributed by atoms with Crippen LogP contribution >= 0.6 is 23.2 Å². The largest absolute Gasteiger partial charge is 0.493 e. The molecule has 5 nitrogen and oxygen atoms in total. The van der Waals surface area contributed by atoms with Crippen LogP contribution < -0.4 is 14.2 Å². The van der Waals surface area contributed by atoms with E-state index in [2.05, 4.69) is 0 Å². The van der Waals surface area contributed by atoms with Gasteiger partial charge in [0.05, 0.1) is 31.4 Å². The van der Waals surface area contributed by atoms with Gasteiger partial charge in [-0.1, -0.05) is 29.3 Å². The van der Waals surface area contributed by atoms with Gasteiger partial charge >= 0.3 is 0 Å². The summed E-state index contributed by atoms with van der Waals surface area (Å²) < 4.78 is 16.1. The molecule has 0 N–H and O–H groups in total. The molecule has 1 aliphatic rings. The number of carbonyl (C=O) groups is 1. The minimum atomic E-state index is -0.0657. The van der Waals surface area contributed by atoms with Crippen LogP contribution in [-0.4, -0.2) is 45.2 Å². The SMILES string of the molecule is COc1cc(C(=O)N2CCCC(c3ccc(Cl)c(Cl)c3)C2)cc(OC)c1OC. The number of hydrogen-bond donors (Lipinski definition) is 0. The van der Waals surface area contributed by atoms with E-state index in [4.69, 9.17) is 37.4 Å². The molecule has 1 aliphatic heterocycles. The molecule has 1 fully saturated rings. The second-order valence-corrected chi connectivity index (χ2v) is 7.49. The normalized spacial score (nSPS) is 16.6. The van der Waals surface area contributed by atoms with Gasteiger partial charge in [0.15, 0.2) is 11.5 Å². The van der Waals surface area contributed by atoms with Gasteiger partial charge in [0.25, 0.3) is 5.91 Å². The Hall–Kier alpha value is -2.11. The van der Waals surface area contributed by atoms with Crippen molar-refractivity contribution >= 4 is 29.1 Å². The van der Waals surface area contributed by atoms with Gasteiger partial charge in [0, 0.05) is 24.6 Å². The summed E-state index contributed by atoms with van der Waals surface area (Å²) in [6, 6.07) is 9.05. The van der Waals surface area contributed by atoms with Gasteiger partial charge in [-0.3, -0.25) is 4.79 Å². The van der Waals surface area contributed by atoms with E-state index in [-0.39, 0.29) is 11.8 Å². The molecular formula is C21H23Cl2NO4. The highest BCUT2D eigenvalue weighted by Crippen LogP contribution is 2.39. The van der Waals surface area contributed by atoms with Crippen molar-refractivity contribution in [3.05, 3.63) is 51.5 Å². The van der Waals surface area contributed by atoms with E-state index < -0.39 is 0 Å². The fourth-order valence-electron chi connectivity index (χ4n) is 3.59. The van der Waals surface area contributed by atoms with Crippen LogP contribution in [0.5, 0.6) is 17.2 Å². The fourth-order valence-corrected chi connectivity index (χ4v) is 3.89. The predicted octanol–water partition coefficient (Wildman–Crippen LogP) is 5.04. The average Bonchev–Trinajstić information content (AvgIpc) is 2.74. The molecule has 7 heteroatoms. The zero-order chi connectivity index (χ0) is 20.3. The molecule has 1 heterocycles. The van der Waals surface area contributed by atoms with E-state index in [0.717, 1.165) is 18.4 Å². The molecule has 150 valence electrons. The number of carbonyl (C=O) groups excluding carboxylic acids is 1. The third kappa shape index (κ3) is 4.15. The number of rotatable bonds is 5. The minimum absolute atomic E-state index is 0.0657. The molecule has 0 aliphatic carbocycles. The molecule has 0 bridgehead atoms. The van der Waals surface area contributed by atoms with Crippen LogP contribution in [0.1, 0.15) is 34.7 Å². The smallest absolute Gasteiger partial charge is 0.254 e. The van der Waals surface area contributed by atoms with Gasteiger partial charge in [0.1, 0.15) is 0 Å². The Bertz CT molecular complexity index is 846. The molecular weight excluding hydrogens is 401 g/mol. The van der Waals surface area contributed by atoms with E-state index in [9.17, 15) is 4.79 Å². The number of methoxy groups -OCH3 is 3. The third-order valence-electron chi connectivity index (χ3n) is 5.04. The number of likely N-dealkylation sites (tertiary alicyclic amines) is 1. The first-order chi connectivity index (χ1) is 13.5. The lowest BCUT2D eigenvalue weighted by Gasteiger charge is -2.33. The van der Waals surface area contributed by atoms with Crippen molar-refractivity contribution in [1.29, 1.82) is 0 Å². The molecule has 2 aromatic carbocycles. The van der Waals surface area contributed by atoms with E-state index in [1.807, 2.05) is 17.0 Å². The second kappa shape index (κ2) is 8.93. The molecule has 1 unspecified atom stereocenters. The molecule has 1 saturated heterocycles. The van der Waals surface area contributed by atoms with Crippen molar-refractivity contribution in [3.8, 4) is 17.2 Å². The fraction of sp³-hybridized carbons (Fsp3) is 0.381. The first-order valence-corrected chi connectivity index (χ1v) is 9.78. The standard InChI is InChI=1S/C21H23Cl2NO4/c1-26-18-10-15(11-19(27-2)20(18)28-3)21(25)24-8-4-5-14(12-24)13-6-7-16(22)17(23)9-13/h6-7,9-11,14H,4-5,8,12H2,1-3H3. The highest BCUT2D eigenvalue weighted by atomic mass is 35.5. The molecule has 2 aromatic rings. The molecule has 0 spiro atoms. The van der Waals surface area contributed by atoms with Crippen LogP contribution in [0.4, 0.5) is 0 Å². The highest BCUT2D eigenvalue weighted by molar-refractivity contribution is 6.42. The van der Waals surface area contributed by atoms with Gasteiger partial charge in [-0.05, 0) is 42.7 Å². The number of hydrogen-bond acceptors (Lipinski definition) is 4. The number of ether oxygens (including phenoxy) is 3. The molecule has 3 rings (SSSR count). The van der Waals surface area contributed by atoms with Crippen molar-refractivity contribution < 1.29 is 19.0 Å². The summed E-state index contributed by atoms with van der Waals surface area (Å²) in [5, 5.41) is 1.07. The maximum atomic E-state index is 13.2. The van der Waals surface area contributed by atoms with Crippen LogP contribution in [-0.2, 0) is 0 Å². The highest BCUT2D eigenvalue weighted by Gasteiger charge is 2.27. The summed E-state index contributed by atoms with van der Waals surface area (Å²) in [7, 11) is 4.61. The number of benzene rings is 2. The Kier molecular flexibility index (Phi) is 6.57. The topological polar surface area (TPSA) is 48.0 Å². The molecule has 1 amide bonds. The lowest BCUT2D eigenvalue weighted by molar-refractivity contribution is 0.0706. The summed E-state index contributed by atoms with van der Waals surface area (Å²) in [6.07, 6.45) is 1.91. The zero-order valence-corrected chi connectivity index (χ0v) is 17.6. The molecule has 0 saturated carbocycles. The Morgan fingerprint density at radius 1 is 1.00 bits per heavy atom. The minimum Gasteiger partial charge on any atom is -0.493 e. The van der Waals surface area contributed by atoms with Crippen molar-refractivity contribution in [2.75, 3.05) is 34.4 Å². The van der Waals surface area contributed by atoms with Crippen LogP contribution in [0.25, 0.3) is 0 Å². The summed E-state index contributed by atoms with van der Waals surface area (Å²) in [6.45, 7) is 1.32. The Morgan fingerprint density at radius 3 is 2.25 bits per heavy atom. The van der Waals surface area contributed by atoms with Gasteiger partial charge < -0.3 is 19.1 Å². The maximum absolute atomic E-state index is 13.2. The van der Waals surface area contributed by atoms with Gasteiger partial charge in [-0.2, -0.15) is 0 Å². The van der Waals surface area contributed by atoms with Crippen LogP contribution in [0, 0.1) is 0 Å². The second-order valence-electron chi connectivity index (χ2n) is 6.68. The number of nitrogens with zero attached hydrogens (tertiary/aromatic N) is 1. The van der Waals surface area contributed by atoms with E-state index in [1.165, 1.54) is 21.3 Å². The first kappa shape index (κ1) is 20.6. The monoisotopic (exact) mass is 423 g/mol. The Balaban J connectivity index is 1.85. The number of halogens is 2. The third-order valence-corrected chi connectivity index (χ3v) is 5.77. The van der Waals surface area contributed by atoms with Crippen molar-refractivity contribution in [2.24, 2.45) is 0 Å². The van der Waals surface area contributed by atoms with Crippen molar-refractivity contribution in [2.45, 2.75) is 18.8 Å². The van der Waals surface area contributed by atoms with E-state index >= 15 is 0 Å². The molecule has 1 atom stereocenters. The van der Waals surface area contributed by atoms with Crippen LogP contribution in [0.2, 0.25) is 10.0 Å². The quantitative estimate of drug-likeness (QED) is 0.675. The molecule has 0 radical (unpaired) electrons. The van der Waals surface area contributed by atoms with Crippen LogP contribution in [0.15, 0.2) is 30.3 Å². The van der Waals surface area contributed by atoms with Crippen LogP contribution in [0.3, 0.4) is 0 Å². The summed E-state index contributed by atoms with van der Waals surface area (Å²) in [4.78, 5) is 15.0. The van der Waals surface area contributed by atoms with Gasteiger partial charge in [-0.15, -0.1) is 0 Å². The Labute approximate surface area is 175 Å². The maximum Gasteiger partial charge on any atom is 0.254 e. The average molecular weight is 424 g/mol. The van der Waals surface area contributed by atoms with Crippen molar-refractivity contribution in [1.82, 2.24) is 4.90 Å². The van der Waals surface area contributed by atoms with Gasteiger partial charge in [-0.25, -0.2) is 0 Å². The van der Waals surface area contributed by atoms with E-state index in [0.29, 0.717) is 45.9 Å². The predicted molar refractivity (Wildman–Crippen MR) is 110 cm³/mol. The summed E-state index contributed by atoms with van der Waals surface area (Å²) >= 11 is 12.2. The van der Waals surface area contributed by atoms with Crippen molar-refractivity contribution in [3.63, 3.8) is 0 Å². The summed E-state index contributed by atoms with van der Waals surface area (Å²) in [5.41, 5.74) is 1.60. The first-order valence-electron chi connectivity index (χ1n) is 9.02. The number of amides is 1. The molecule has 28 heavy (non-hydrogen) atoms. The number of piperidine rings is 1. The van der Waals surface area contributed by atoms with E-state index in [1.54, 1.807) is 18.2 Å².